The summed E-state index contributed by atoms with van der Waals surface area (Å²) >= 11 is 1.89. The van der Waals surface area contributed by atoms with E-state index in [0.717, 1.165) is 27.7 Å². The number of aliphatic imine (C=N–C) groups is 1. The number of nitrogens with zero attached hydrogens (tertiary/aromatic N) is 3. The second kappa shape index (κ2) is 13.2. The molecule has 0 saturated heterocycles. The third kappa shape index (κ3) is 6.50. The first-order valence-electron chi connectivity index (χ1n) is 18.4. The summed E-state index contributed by atoms with van der Waals surface area (Å²) in [5.41, 5.74) is 13.3. The molecule has 4 heteroatoms. The largest absolute Gasteiger partial charge is 0.309 e. The molecule has 0 saturated carbocycles. The molecule has 1 aliphatic heterocycles. The zero-order valence-electron chi connectivity index (χ0n) is 31.3. The molecule has 3 nitrogen and oxygen atoms in total. The van der Waals surface area contributed by atoms with Crippen molar-refractivity contribution in [1.29, 1.82) is 0 Å². The molecule has 1 aliphatic rings. The van der Waals surface area contributed by atoms with E-state index in [4.69, 9.17) is 9.98 Å². The quantitative estimate of drug-likeness (QED) is 0.173. The van der Waals surface area contributed by atoms with Gasteiger partial charge in [0, 0.05) is 45.5 Å². The molecule has 7 aromatic rings. The van der Waals surface area contributed by atoms with E-state index < -0.39 is 0 Å². The summed E-state index contributed by atoms with van der Waals surface area (Å²) in [6.07, 6.45) is 1.95. The van der Waals surface area contributed by atoms with Gasteiger partial charge in [0.15, 0.2) is 0 Å². The number of thioether (sulfide) groups is 1. The molecule has 0 bridgehead atoms. The fourth-order valence-corrected chi connectivity index (χ4v) is 8.69. The first-order valence-corrected chi connectivity index (χ1v) is 19.4. The molecule has 0 radical (unpaired) electrons. The van der Waals surface area contributed by atoms with Crippen LogP contribution in [0.15, 0.2) is 139 Å². The Bertz CT molecular complexity index is 2400. The fraction of sp³-hybridized carbons (Fsp3) is 0.250. The van der Waals surface area contributed by atoms with Gasteiger partial charge in [0.05, 0.1) is 27.8 Å². The molecule has 0 N–H and O–H groups in total. The van der Waals surface area contributed by atoms with Gasteiger partial charge in [0.25, 0.3) is 0 Å². The molecule has 0 fully saturated rings. The smallest absolute Gasteiger partial charge is 0.0982 e. The van der Waals surface area contributed by atoms with Gasteiger partial charge in [0.2, 0.25) is 0 Å². The number of benzene rings is 5. The van der Waals surface area contributed by atoms with Gasteiger partial charge in [-0.3, -0.25) is 9.98 Å². The molecule has 0 unspecified atom stereocenters. The molecule has 5 aromatic carbocycles. The SMILES string of the molecule is Cc1ccc2c(c1)c1ccc(-c3cc(C(C)(C)C)ccn3)cc1n2-c1cc(C2=N[C@H](C(c3ccccc3)c3ccccc3)CS2)cc(C(C)(C)C)c1. The topological polar surface area (TPSA) is 30.2 Å². The summed E-state index contributed by atoms with van der Waals surface area (Å²) in [6.45, 7) is 15.9. The Balaban J connectivity index is 1.30. The van der Waals surface area contributed by atoms with Gasteiger partial charge in [0.1, 0.15) is 0 Å². The molecule has 260 valence electrons. The molecule has 0 aliphatic carbocycles. The van der Waals surface area contributed by atoms with E-state index >= 15 is 0 Å². The summed E-state index contributed by atoms with van der Waals surface area (Å²) in [5.74, 6) is 1.14. The summed E-state index contributed by atoms with van der Waals surface area (Å²) in [7, 11) is 0. The van der Waals surface area contributed by atoms with E-state index in [1.54, 1.807) is 0 Å². The van der Waals surface area contributed by atoms with E-state index in [9.17, 15) is 0 Å². The van der Waals surface area contributed by atoms with Crippen LogP contribution in [0.25, 0.3) is 38.8 Å². The maximum atomic E-state index is 5.54. The van der Waals surface area contributed by atoms with Gasteiger partial charge in [-0.05, 0) is 88.5 Å². The minimum absolute atomic E-state index is 0.0419. The standard InChI is InChI=1S/C48H47N3S/c1-31-18-21-43-40(24-31)39-20-19-34(41-29-36(22-23-49-41)47(2,3)4)27-44(39)51(43)38-26-35(25-37(28-38)48(5,6)7)46-50-42(30-52-46)45(32-14-10-8-11-15-32)33-16-12-9-13-17-33/h8-29,42,45H,30H2,1-7H3/t42-/m0/s1. The number of aryl methyl sites for hydroxylation is 1. The van der Waals surface area contributed by atoms with Crippen molar-refractivity contribution in [3.8, 4) is 16.9 Å². The van der Waals surface area contributed by atoms with Gasteiger partial charge in [-0.15, -0.1) is 11.8 Å². The van der Waals surface area contributed by atoms with E-state index in [-0.39, 0.29) is 22.8 Å². The number of hydrogen-bond donors (Lipinski definition) is 0. The number of rotatable bonds is 6. The Morgan fingerprint density at radius 2 is 1.33 bits per heavy atom. The average molecular weight is 698 g/mol. The highest BCUT2D eigenvalue weighted by Gasteiger charge is 2.31. The number of fused-ring (bicyclic) bond motifs is 3. The number of hydrogen-bond acceptors (Lipinski definition) is 3. The summed E-state index contributed by atoms with van der Waals surface area (Å²) in [6, 6.07) is 47.2. The maximum absolute atomic E-state index is 5.54. The van der Waals surface area contributed by atoms with E-state index in [0.29, 0.717) is 0 Å². The summed E-state index contributed by atoms with van der Waals surface area (Å²) in [4.78, 5) is 10.4. The third-order valence-electron chi connectivity index (χ3n) is 10.5. The minimum Gasteiger partial charge on any atom is -0.309 e. The highest BCUT2D eigenvalue weighted by atomic mass is 32.2. The molecule has 52 heavy (non-hydrogen) atoms. The second-order valence-electron chi connectivity index (χ2n) is 16.4. The van der Waals surface area contributed by atoms with Crippen LogP contribution in [0, 0.1) is 6.92 Å². The Hall–Kier alpha value is -4.93. The lowest BCUT2D eigenvalue weighted by atomic mass is 9.85. The van der Waals surface area contributed by atoms with Crippen LogP contribution >= 0.6 is 11.8 Å². The Morgan fingerprint density at radius 1 is 0.635 bits per heavy atom. The maximum Gasteiger partial charge on any atom is 0.0982 e. The highest BCUT2D eigenvalue weighted by molar-refractivity contribution is 8.14. The Morgan fingerprint density at radius 3 is 2.00 bits per heavy atom. The van der Waals surface area contributed by atoms with Gasteiger partial charge >= 0.3 is 0 Å². The van der Waals surface area contributed by atoms with E-state index in [1.807, 2.05) is 18.0 Å². The van der Waals surface area contributed by atoms with Crippen molar-refractivity contribution in [2.24, 2.45) is 4.99 Å². The predicted octanol–water partition coefficient (Wildman–Crippen LogP) is 12.4. The van der Waals surface area contributed by atoms with Crippen LogP contribution in [0.5, 0.6) is 0 Å². The van der Waals surface area contributed by atoms with Gasteiger partial charge in [-0.1, -0.05) is 126 Å². The van der Waals surface area contributed by atoms with Crippen molar-refractivity contribution in [3.63, 3.8) is 0 Å². The van der Waals surface area contributed by atoms with Crippen LogP contribution in [0.3, 0.4) is 0 Å². The van der Waals surface area contributed by atoms with Crippen molar-refractivity contribution in [1.82, 2.24) is 9.55 Å². The predicted molar refractivity (Wildman–Crippen MR) is 224 cm³/mol. The number of aromatic nitrogens is 2. The summed E-state index contributed by atoms with van der Waals surface area (Å²) in [5, 5.41) is 3.63. The van der Waals surface area contributed by atoms with Gasteiger partial charge in [-0.2, -0.15) is 0 Å². The van der Waals surface area contributed by atoms with Crippen LogP contribution in [-0.4, -0.2) is 26.4 Å². The fourth-order valence-electron chi connectivity index (χ4n) is 7.60. The zero-order valence-corrected chi connectivity index (χ0v) is 32.1. The van der Waals surface area contributed by atoms with Crippen LogP contribution in [0.4, 0.5) is 0 Å². The van der Waals surface area contributed by atoms with Gasteiger partial charge in [-0.25, -0.2) is 0 Å². The molecule has 1 atom stereocenters. The normalized spacial score (nSPS) is 15.2. The van der Waals surface area contributed by atoms with E-state index in [2.05, 4.69) is 180 Å². The lowest BCUT2D eigenvalue weighted by Crippen LogP contribution is -2.18. The van der Waals surface area contributed by atoms with Crippen LogP contribution < -0.4 is 0 Å². The van der Waals surface area contributed by atoms with Crippen molar-refractivity contribution < 1.29 is 0 Å². The van der Waals surface area contributed by atoms with Crippen molar-refractivity contribution in [2.45, 2.75) is 71.3 Å². The molecule has 8 rings (SSSR count). The van der Waals surface area contributed by atoms with Crippen molar-refractivity contribution >= 4 is 38.6 Å². The molecule has 0 spiro atoms. The minimum atomic E-state index is -0.0531. The first kappa shape index (κ1) is 34.2. The van der Waals surface area contributed by atoms with Gasteiger partial charge < -0.3 is 4.57 Å². The third-order valence-corrected chi connectivity index (χ3v) is 11.6. The second-order valence-corrected chi connectivity index (χ2v) is 17.4. The molecule has 2 aromatic heterocycles. The Kier molecular flexibility index (Phi) is 8.70. The van der Waals surface area contributed by atoms with Crippen LogP contribution in [0.2, 0.25) is 0 Å². The van der Waals surface area contributed by atoms with Crippen LogP contribution in [-0.2, 0) is 10.8 Å². The first-order chi connectivity index (χ1) is 24.9. The average Bonchev–Trinajstić information content (AvgIpc) is 3.74. The van der Waals surface area contributed by atoms with E-state index in [1.165, 1.54) is 55.2 Å². The lowest BCUT2D eigenvalue weighted by molar-refractivity contribution is 0.589. The number of pyridine rings is 1. The summed E-state index contributed by atoms with van der Waals surface area (Å²) < 4.78 is 2.47. The molecule has 0 amide bonds. The van der Waals surface area contributed by atoms with Crippen molar-refractivity contribution in [3.05, 3.63) is 167 Å². The van der Waals surface area contributed by atoms with Crippen molar-refractivity contribution in [2.75, 3.05) is 5.75 Å². The molecular weight excluding hydrogens is 651 g/mol. The zero-order chi connectivity index (χ0) is 36.2. The highest BCUT2D eigenvalue weighted by Crippen LogP contribution is 2.40. The lowest BCUT2D eigenvalue weighted by Gasteiger charge is -2.23. The molecule has 3 heterocycles. The Labute approximate surface area is 312 Å². The monoisotopic (exact) mass is 697 g/mol. The van der Waals surface area contributed by atoms with Crippen LogP contribution in [0.1, 0.15) is 80.8 Å². The molecular formula is C48H47N3S.